The van der Waals surface area contributed by atoms with Crippen molar-refractivity contribution >= 4 is 27.5 Å². The van der Waals surface area contributed by atoms with Crippen LogP contribution < -0.4 is 5.43 Å². The van der Waals surface area contributed by atoms with Gasteiger partial charge in [0.15, 0.2) is 5.43 Å². The molecule has 1 aromatic heterocycles. The molecule has 0 bridgehead atoms. The monoisotopic (exact) mass is 271 g/mol. The first-order valence-corrected chi connectivity index (χ1v) is 4.64. The molecule has 0 aliphatic heterocycles. The molecule has 13 heavy (non-hydrogen) atoms. The van der Waals surface area contributed by atoms with Crippen molar-refractivity contribution in [3.05, 3.63) is 32.2 Å². The molecule has 0 aliphatic carbocycles. The summed E-state index contributed by atoms with van der Waals surface area (Å²) in [6.07, 6.45) is -2.69. The molecule has 1 N–H and O–H groups in total. The van der Waals surface area contributed by atoms with Crippen LogP contribution in [-0.2, 0) is 5.88 Å². The fraction of sp³-hybridized carbons (Fsp3) is 0.286. The lowest BCUT2D eigenvalue weighted by atomic mass is 10.3. The van der Waals surface area contributed by atoms with Crippen LogP contribution in [0.25, 0.3) is 0 Å². The van der Waals surface area contributed by atoms with Gasteiger partial charge in [-0.05, 0) is 15.9 Å². The highest BCUT2D eigenvalue weighted by Gasteiger charge is 2.12. The van der Waals surface area contributed by atoms with Gasteiger partial charge in [0.1, 0.15) is 0 Å². The van der Waals surface area contributed by atoms with Gasteiger partial charge in [-0.25, -0.2) is 8.78 Å². The largest absolute Gasteiger partial charge is 0.355 e. The maximum absolute atomic E-state index is 12.2. The summed E-state index contributed by atoms with van der Waals surface area (Å²) < 4.78 is 24.5. The number of aromatic amines is 1. The van der Waals surface area contributed by atoms with Crippen LogP contribution in [0.5, 0.6) is 0 Å². The van der Waals surface area contributed by atoms with Gasteiger partial charge >= 0.3 is 0 Å². The predicted octanol–water partition coefficient (Wildman–Crippen LogP) is 2.81. The Bertz CT molecular complexity index is 366. The molecule has 1 rings (SSSR count). The zero-order valence-electron chi connectivity index (χ0n) is 6.28. The standard InChI is InChI=1S/C7H5BrClF2NO/c8-6-4(2-9)12-3(7(10)11)1-5(6)13/h1,7H,2H2,(H,12,13). The molecule has 0 unspecified atom stereocenters. The quantitative estimate of drug-likeness (QED) is 0.825. The van der Waals surface area contributed by atoms with Gasteiger partial charge in [0.05, 0.1) is 16.0 Å². The maximum atomic E-state index is 12.2. The number of rotatable bonds is 2. The topological polar surface area (TPSA) is 32.9 Å². The van der Waals surface area contributed by atoms with Gasteiger partial charge in [-0.15, -0.1) is 11.6 Å². The van der Waals surface area contributed by atoms with Crippen molar-refractivity contribution < 1.29 is 8.78 Å². The molecule has 0 atom stereocenters. The van der Waals surface area contributed by atoms with E-state index in [0.29, 0.717) is 0 Å². The van der Waals surface area contributed by atoms with E-state index in [1.807, 2.05) is 0 Å². The highest BCUT2D eigenvalue weighted by molar-refractivity contribution is 9.10. The molecular formula is C7H5BrClF2NO. The van der Waals surface area contributed by atoms with E-state index >= 15 is 0 Å². The van der Waals surface area contributed by atoms with Crippen LogP contribution in [-0.4, -0.2) is 4.98 Å². The smallest absolute Gasteiger partial charge is 0.278 e. The van der Waals surface area contributed by atoms with E-state index in [1.54, 1.807) is 0 Å². The molecule has 6 heteroatoms. The van der Waals surface area contributed by atoms with Crippen LogP contribution in [0.4, 0.5) is 8.78 Å². The Balaban J connectivity index is 3.31. The zero-order chi connectivity index (χ0) is 10.0. The minimum Gasteiger partial charge on any atom is -0.355 e. The van der Waals surface area contributed by atoms with Crippen LogP contribution in [0.15, 0.2) is 15.3 Å². The average molecular weight is 272 g/mol. The number of nitrogens with one attached hydrogen (secondary N) is 1. The third-order valence-electron chi connectivity index (χ3n) is 1.43. The highest BCUT2D eigenvalue weighted by Crippen LogP contribution is 2.19. The van der Waals surface area contributed by atoms with Crippen LogP contribution >= 0.6 is 27.5 Å². The Hall–Kier alpha value is -0.420. The summed E-state index contributed by atoms with van der Waals surface area (Å²) in [6, 6.07) is 0.852. The average Bonchev–Trinajstić information content (AvgIpc) is 2.09. The molecule has 0 fully saturated rings. The molecule has 0 aromatic carbocycles. The second-order valence-electron chi connectivity index (χ2n) is 2.32. The minimum atomic E-state index is -2.69. The van der Waals surface area contributed by atoms with E-state index in [0.717, 1.165) is 6.07 Å². The molecule has 0 radical (unpaired) electrons. The first kappa shape index (κ1) is 10.7. The fourth-order valence-electron chi connectivity index (χ4n) is 0.828. The molecule has 72 valence electrons. The van der Waals surface area contributed by atoms with Gasteiger partial charge in [0.2, 0.25) is 0 Å². The second-order valence-corrected chi connectivity index (χ2v) is 3.38. The molecule has 2 nitrogen and oxygen atoms in total. The number of alkyl halides is 3. The van der Waals surface area contributed by atoms with Crippen molar-refractivity contribution in [3.63, 3.8) is 0 Å². The summed E-state index contributed by atoms with van der Waals surface area (Å²) in [7, 11) is 0. The summed E-state index contributed by atoms with van der Waals surface area (Å²) in [5, 5.41) is 0. The van der Waals surface area contributed by atoms with Crippen molar-refractivity contribution in [2.75, 3.05) is 0 Å². The number of hydrogen-bond acceptors (Lipinski definition) is 1. The van der Waals surface area contributed by atoms with E-state index in [-0.39, 0.29) is 16.0 Å². The Morgan fingerprint density at radius 3 is 2.69 bits per heavy atom. The minimum absolute atomic E-state index is 0.0175. The van der Waals surface area contributed by atoms with Crippen molar-refractivity contribution in [3.8, 4) is 0 Å². The van der Waals surface area contributed by atoms with Gasteiger partial charge in [0.25, 0.3) is 6.43 Å². The number of hydrogen-bond donors (Lipinski definition) is 1. The lowest BCUT2D eigenvalue weighted by molar-refractivity contribution is 0.145. The molecule has 0 amide bonds. The normalized spacial score (nSPS) is 10.8. The van der Waals surface area contributed by atoms with Crippen molar-refractivity contribution in [1.82, 2.24) is 4.98 Å². The molecule has 1 heterocycles. The summed E-state index contributed by atoms with van der Waals surface area (Å²) in [5.41, 5.74) is -0.641. The fourth-order valence-corrected chi connectivity index (χ4v) is 1.54. The lowest BCUT2D eigenvalue weighted by Gasteiger charge is -2.04. The first-order valence-electron chi connectivity index (χ1n) is 3.32. The Labute approximate surface area is 86.0 Å². The van der Waals surface area contributed by atoms with Gasteiger partial charge in [-0.3, -0.25) is 4.79 Å². The van der Waals surface area contributed by atoms with Gasteiger partial charge < -0.3 is 4.98 Å². The Morgan fingerprint density at radius 2 is 2.23 bits per heavy atom. The predicted molar refractivity (Wildman–Crippen MR) is 49.3 cm³/mol. The zero-order valence-corrected chi connectivity index (χ0v) is 8.62. The summed E-state index contributed by atoms with van der Waals surface area (Å²) >= 11 is 8.39. The third kappa shape index (κ3) is 2.28. The molecule has 0 aliphatic rings. The van der Waals surface area contributed by atoms with Crippen molar-refractivity contribution in [2.45, 2.75) is 12.3 Å². The van der Waals surface area contributed by atoms with Crippen LogP contribution in [0.2, 0.25) is 0 Å². The summed E-state index contributed by atoms with van der Waals surface area (Å²) in [4.78, 5) is 13.4. The van der Waals surface area contributed by atoms with E-state index in [2.05, 4.69) is 20.9 Å². The number of H-pyrrole nitrogens is 1. The van der Waals surface area contributed by atoms with Gasteiger partial charge in [-0.2, -0.15) is 0 Å². The molecule has 0 spiro atoms. The highest BCUT2D eigenvalue weighted by atomic mass is 79.9. The maximum Gasteiger partial charge on any atom is 0.278 e. The van der Waals surface area contributed by atoms with Crippen molar-refractivity contribution in [2.24, 2.45) is 0 Å². The van der Waals surface area contributed by atoms with Crippen LogP contribution in [0.3, 0.4) is 0 Å². The van der Waals surface area contributed by atoms with Crippen molar-refractivity contribution in [1.29, 1.82) is 0 Å². The van der Waals surface area contributed by atoms with Gasteiger partial charge in [0, 0.05) is 11.8 Å². The summed E-state index contributed by atoms with van der Waals surface area (Å²) in [5.74, 6) is -0.0175. The van der Waals surface area contributed by atoms with Crippen LogP contribution in [0, 0.1) is 0 Å². The molecular weight excluding hydrogens is 267 g/mol. The number of pyridine rings is 1. The van der Waals surface area contributed by atoms with E-state index in [9.17, 15) is 13.6 Å². The second kappa shape index (κ2) is 4.19. The van der Waals surface area contributed by atoms with E-state index < -0.39 is 17.5 Å². The van der Waals surface area contributed by atoms with E-state index in [4.69, 9.17) is 11.6 Å². The molecule has 0 saturated heterocycles. The Morgan fingerprint density at radius 1 is 1.62 bits per heavy atom. The summed E-state index contributed by atoms with van der Waals surface area (Å²) in [6.45, 7) is 0. The third-order valence-corrected chi connectivity index (χ3v) is 2.57. The first-order chi connectivity index (χ1) is 6.06. The number of aromatic nitrogens is 1. The SMILES string of the molecule is O=c1cc(C(F)F)[nH]c(CCl)c1Br. The number of halogens is 4. The van der Waals surface area contributed by atoms with Gasteiger partial charge in [-0.1, -0.05) is 0 Å². The Kier molecular flexibility index (Phi) is 3.44. The van der Waals surface area contributed by atoms with Crippen LogP contribution in [0.1, 0.15) is 17.8 Å². The lowest BCUT2D eigenvalue weighted by Crippen LogP contribution is -2.09. The van der Waals surface area contributed by atoms with E-state index in [1.165, 1.54) is 0 Å². The molecule has 1 aromatic rings. The molecule has 0 saturated carbocycles.